The van der Waals surface area contributed by atoms with Gasteiger partial charge in [-0.2, -0.15) is 0 Å². The third-order valence-electron chi connectivity index (χ3n) is 5.35. The van der Waals surface area contributed by atoms with Crippen LogP contribution in [0.25, 0.3) is 22.8 Å². The van der Waals surface area contributed by atoms with Crippen LogP contribution in [0, 0.1) is 6.92 Å². The molecule has 34 heavy (non-hydrogen) atoms. The Labute approximate surface area is 203 Å². The molecule has 0 aliphatic heterocycles. The van der Waals surface area contributed by atoms with Gasteiger partial charge in [0.2, 0.25) is 5.89 Å². The Kier molecular flexibility index (Phi) is 7.65. The van der Waals surface area contributed by atoms with Crippen LogP contribution in [0.1, 0.15) is 30.0 Å². The van der Waals surface area contributed by atoms with Gasteiger partial charge in [-0.3, -0.25) is 4.79 Å². The highest BCUT2D eigenvalue weighted by molar-refractivity contribution is 6.30. The molecule has 8 heteroatoms. The number of benzene rings is 2. The first-order chi connectivity index (χ1) is 16.5. The van der Waals surface area contributed by atoms with Crippen molar-refractivity contribution in [3.05, 3.63) is 76.9 Å². The van der Waals surface area contributed by atoms with Gasteiger partial charge in [0.15, 0.2) is 0 Å². The number of aromatic nitrogens is 3. The summed E-state index contributed by atoms with van der Waals surface area (Å²) in [6.45, 7) is 2.38. The van der Waals surface area contributed by atoms with Crippen LogP contribution in [0.3, 0.4) is 0 Å². The summed E-state index contributed by atoms with van der Waals surface area (Å²) in [5.41, 5.74) is 3.41. The second-order valence-corrected chi connectivity index (χ2v) is 8.25. The first-order valence-corrected chi connectivity index (χ1v) is 11.5. The van der Waals surface area contributed by atoms with Gasteiger partial charge < -0.3 is 18.9 Å². The number of nitrogens with one attached hydrogen (secondary N) is 1. The third-order valence-corrected chi connectivity index (χ3v) is 5.60. The maximum atomic E-state index is 11.5. The van der Waals surface area contributed by atoms with Crippen molar-refractivity contribution in [2.45, 2.75) is 32.6 Å². The zero-order valence-corrected chi connectivity index (χ0v) is 19.9. The summed E-state index contributed by atoms with van der Waals surface area (Å²) < 4.78 is 16.9. The molecule has 0 aliphatic rings. The second-order valence-electron chi connectivity index (χ2n) is 7.82. The number of nitrogens with zero attached hydrogens (tertiary/aromatic N) is 2. The minimum absolute atomic E-state index is 0.238. The predicted octanol–water partition coefficient (Wildman–Crippen LogP) is 5.81. The summed E-state index contributed by atoms with van der Waals surface area (Å²) >= 11 is 6.06. The number of halogens is 1. The molecular weight excluding hydrogens is 454 g/mol. The first kappa shape index (κ1) is 23.6. The van der Waals surface area contributed by atoms with Crippen molar-refractivity contribution < 1.29 is 18.7 Å². The van der Waals surface area contributed by atoms with Gasteiger partial charge in [0.1, 0.15) is 28.7 Å². The standard InChI is InChI=1S/C26H26ClN3O4/c1-17-28-16-21(29-17)26-30-25(19-9-12-20(27)13-10-19)23(34-26)8-5-15-33-22-7-4-3-6-18(22)11-14-24(31)32-2/h3-4,6-7,9-10,12-13,16H,5,8,11,14-15H2,1-2H3,(H,28,29). The van der Waals surface area contributed by atoms with E-state index in [-0.39, 0.29) is 5.97 Å². The molecule has 2 heterocycles. The highest BCUT2D eigenvalue weighted by Gasteiger charge is 2.18. The van der Waals surface area contributed by atoms with Gasteiger partial charge in [-0.05, 0) is 43.5 Å². The van der Waals surface area contributed by atoms with E-state index in [0.717, 1.165) is 46.3 Å². The molecule has 1 N–H and O–H groups in total. The lowest BCUT2D eigenvalue weighted by Crippen LogP contribution is -2.05. The highest BCUT2D eigenvalue weighted by Crippen LogP contribution is 2.30. The zero-order chi connectivity index (χ0) is 23.9. The normalized spacial score (nSPS) is 10.9. The van der Waals surface area contributed by atoms with Crippen molar-refractivity contribution in [1.82, 2.24) is 15.0 Å². The largest absolute Gasteiger partial charge is 0.493 e. The van der Waals surface area contributed by atoms with Gasteiger partial charge >= 0.3 is 5.97 Å². The molecular formula is C26H26ClN3O4. The topological polar surface area (TPSA) is 90.2 Å². The summed E-state index contributed by atoms with van der Waals surface area (Å²) in [6.07, 6.45) is 3.96. The van der Waals surface area contributed by atoms with Crippen molar-refractivity contribution in [3.8, 4) is 28.6 Å². The van der Waals surface area contributed by atoms with Gasteiger partial charge in [-0.25, -0.2) is 9.97 Å². The summed E-state index contributed by atoms with van der Waals surface area (Å²) in [4.78, 5) is 23.6. The van der Waals surface area contributed by atoms with Crippen LogP contribution in [-0.2, 0) is 22.4 Å². The van der Waals surface area contributed by atoms with Crippen LogP contribution in [0.4, 0.5) is 0 Å². The Bertz CT molecular complexity index is 1250. The summed E-state index contributed by atoms with van der Waals surface area (Å²) in [5.74, 6) is 2.59. The van der Waals surface area contributed by atoms with E-state index < -0.39 is 0 Å². The van der Waals surface area contributed by atoms with Crippen LogP contribution >= 0.6 is 11.6 Å². The molecule has 0 radical (unpaired) electrons. The van der Waals surface area contributed by atoms with Crippen molar-refractivity contribution in [2.24, 2.45) is 0 Å². The van der Waals surface area contributed by atoms with E-state index in [2.05, 4.69) is 9.97 Å². The third kappa shape index (κ3) is 5.85. The average molecular weight is 480 g/mol. The number of rotatable bonds is 10. The van der Waals surface area contributed by atoms with Crippen LogP contribution in [0.5, 0.6) is 5.75 Å². The molecule has 0 spiro atoms. The Morgan fingerprint density at radius 1 is 1.12 bits per heavy atom. The van der Waals surface area contributed by atoms with Gasteiger partial charge in [0, 0.05) is 23.4 Å². The molecule has 0 saturated heterocycles. The fourth-order valence-electron chi connectivity index (χ4n) is 3.60. The second kappa shape index (κ2) is 11.0. The molecule has 176 valence electrons. The number of carbonyl (C=O) groups is 1. The lowest BCUT2D eigenvalue weighted by atomic mass is 10.1. The number of hydrogen-bond donors (Lipinski definition) is 1. The zero-order valence-electron chi connectivity index (χ0n) is 19.1. The minimum Gasteiger partial charge on any atom is -0.493 e. The number of carbonyl (C=O) groups excluding carboxylic acids is 1. The van der Waals surface area contributed by atoms with Crippen molar-refractivity contribution in [2.75, 3.05) is 13.7 Å². The van der Waals surface area contributed by atoms with Crippen molar-refractivity contribution in [1.29, 1.82) is 0 Å². The van der Waals surface area contributed by atoms with Crippen LogP contribution in [0.15, 0.2) is 59.1 Å². The van der Waals surface area contributed by atoms with Crippen LogP contribution in [0.2, 0.25) is 5.02 Å². The van der Waals surface area contributed by atoms with Gasteiger partial charge in [-0.1, -0.05) is 41.9 Å². The first-order valence-electron chi connectivity index (χ1n) is 11.1. The number of methoxy groups -OCH3 is 1. The van der Waals surface area contributed by atoms with E-state index in [4.69, 9.17) is 30.5 Å². The molecule has 4 aromatic rings. The molecule has 0 amide bonds. The molecule has 2 aromatic carbocycles. The van der Waals surface area contributed by atoms with Gasteiger partial charge in [0.25, 0.3) is 0 Å². The van der Waals surface area contributed by atoms with E-state index in [1.807, 2.05) is 55.5 Å². The molecule has 0 unspecified atom stereocenters. The van der Waals surface area contributed by atoms with E-state index in [1.165, 1.54) is 7.11 Å². The number of ether oxygens (including phenoxy) is 2. The summed E-state index contributed by atoms with van der Waals surface area (Å²) in [5, 5.41) is 0.664. The number of para-hydroxylation sites is 1. The molecule has 0 atom stereocenters. The lowest BCUT2D eigenvalue weighted by Gasteiger charge is -2.11. The number of aryl methyl sites for hydroxylation is 3. The number of esters is 1. The number of H-pyrrole nitrogens is 1. The molecule has 7 nitrogen and oxygen atoms in total. The van der Waals surface area contributed by atoms with E-state index in [0.29, 0.717) is 36.8 Å². The Hall–Kier alpha value is -3.58. The molecule has 2 aromatic heterocycles. The summed E-state index contributed by atoms with van der Waals surface area (Å²) in [6, 6.07) is 15.3. The predicted molar refractivity (Wildman–Crippen MR) is 130 cm³/mol. The Balaban J connectivity index is 1.45. The monoisotopic (exact) mass is 479 g/mol. The summed E-state index contributed by atoms with van der Waals surface area (Å²) in [7, 11) is 1.39. The number of aromatic amines is 1. The molecule has 0 fully saturated rings. The van der Waals surface area contributed by atoms with Crippen molar-refractivity contribution >= 4 is 17.6 Å². The fraction of sp³-hybridized carbons (Fsp3) is 0.269. The highest BCUT2D eigenvalue weighted by atomic mass is 35.5. The average Bonchev–Trinajstić information content (AvgIpc) is 3.47. The van der Waals surface area contributed by atoms with Gasteiger partial charge in [-0.15, -0.1) is 0 Å². The quantitative estimate of drug-likeness (QED) is 0.228. The van der Waals surface area contributed by atoms with E-state index in [9.17, 15) is 4.79 Å². The lowest BCUT2D eigenvalue weighted by molar-refractivity contribution is -0.140. The van der Waals surface area contributed by atoms with Crippen molar-refractivity contribution in [3.63, 3.8) is 0 Å². The Morgan fingerprint density at radius 3 is 2.65 bits per heavy atom. The van der Waals surface area contributed by atoms with E-state index >= 15 is 0 Å². The SMILES string of the molecule is COC(=O)CCc1ccccc1OCCCc1oc(-c2cnc(C)[nH]2)nc1-c1ccc(Cl)cc1. The Morgan fingerprint density at radius 2 is 1.91 bits per heavy atom. The molecule has 4 rings (SSSR count). The number of hydrogen-bond acceptors (Lipinski definition) is 6. The smallest absolute Gasteiger partial charge is 0.305 e. The molecule has 0 saturated carbocycles. The van der Waals surface area contributed by atoms with E-state index in [1.54, 1.807) is 6.20 Å². The van der Waals surface area contributed by atoms with Crippen LogP contribution < -0.4 is 4.74 Å². The maximum Gasteiger partial charge on any atom is 0.305 e. The van der Waals surface area contributed by atoms with Crippen LogP contribution in [-0.4, -0.2) is 34.6 Å². The number of oxazole rings is 1. The maximum absolute atomic E-state index is 11.5. The fourth-order valence-corrected chi connectivity index (χ4v) is 3.73. The molecule has 0 bridgehead atoms. The van der Waals surface area contributed by atoms with Gasteiger partial charge in [0.05, 0.1) is 19.9 Å². The number of imidazole rings is 1. The molecule has 0 aliphatic carbocycles. The minimum atomic E-state index is -0.238.